The fourth-order valence-corrected chi connectivity index (χ4v) is 6.52. The van der Waals surface area contributed by atoms with E-state index in [0.717, 1.165) is 11.1 Å². The summed E-state index contributed by atoms with van der Waals surface area (Å²) in [4.78, 5) is 26.2. The standard InChI is InChI=1S/C34H22F2O4/c35-24-13-7-15-26-21(24)17-23(34(38)40-26)33-29(19-9-3-1-4-10-19)32(30(33)20-11-5-2-6-12-20)22-18-28(37)39-27-16-8-14-25(36)31(22)27/h1-18,29-30,32-33H. The number of hydrogen-bond acceptors (Lipinski definition) is 4. The molecule has 1 aliphatic carbocycles. The van der Waals surface area contributed by atoms with Crippen molar-refractivity contribution in [2.24, 2.45) is 0 Å². The summed E-state index contributed by atoms with van der Waals surface area (Å²) in [6, 6.07) is 31.0. The lowest BCUT2D eigenvalue weighted by Gasteiger charge is -2.53. The highest BCUT2D eigenvalue weighted by molar-refractivity contribution is 5.83. The minimum Gasteiger partial charge on any atom is -0.423 e. The maximum Gasteiger partial charge on any atom is 0.339 e. The van der Waals surface area contributed by atoms with Crippen molar-refractivity contribution in [3.8, 4) is 0 Å². The first kappa shape index (κ1) is 24.2. The van der Waals surface area contributed by atoms with E-state index in [2.05, 4.69) is 0 Å². The SMILES string of the molecule is O=c1cc(C2C(c3ccccc3)C(c3cc4c(F)cccc4oc3=O)C2c2ccccc2)c2c(F)cccc2o1. The third-order valence-electron chi connectivity index (χ3n) is 8.13. The van der Waals surface area contributed by atoms with Gasteiger partial charge in [-0.2, -0.15) is 0 Å². The van der Waals surface area contributed by atoms with E-state index in [4.69, 9.17) is 8.83 Å². The van der Waals surface area contributed by atoms with Crippen molar-refractivity contribution in [3.63, 3.8) is 0 Å². The minimum absolute atomic E-state index is 0.164. The van der Waals surface area contributed by atoms with E-state index in [1.54, 1.807) is 18.2 Å². The average molecular weight is 533 g/mol. The van der Waals surface area contributed by atoms with Gasteiger partial charge < -0.3 is 8.83 Å². The molecule has 2 heterocycles. The Morgan fingerprint density at radius 1 is 0.525 bits per heavy atom. The first-order chi connectivity index (χ1) is 19.5. The molecule has 7 rings (SSSR count). The Morgan fingerprint density at radius 2 is 1.10 bits per heavy atom. The Hall–Kier alpha value is -4.84. The number of hydrogen-bond donors (Lipinski definition) is 0. The lowest BCUT2D eigenvalue weighted by molar-refractivity contribution is 0.225. The van der Waals surface area contributed by atoms with E-state index in [1.807, 2.05) is 60.7 Å². The molecule has 0 bridgehead atoms. The summed E-state index contributed by atoms with van der Waals surface area (Å²) >= 11 is 0. The van der Waals surface area contributed by atoms with Crippen LogP contribution < -0.4 is 11.3 Å². The lowest BCUT2D eigenvalue weighted by atomic mass is 9.49. The number of benzene rings is 4. The van der Waals surface area contributed by atoms with Crippen molar-refractivity contribution in [2.45, 2.75) is 23.7 Å². The van der Waals surface area contributed by atoms with Gasteiger partial charge in [0.05, 0.1) is 10.8 Å². The van der Waals surface area contributed by atoms with Gasteiger partial charge in [0, 0.05) is 17.5 Å². The fourth-order valence-electron chi connectivity index (χ4n) is 6.52. The summed E-state index contributed by atoms with van der Waals surface area (Å²) in [5, 5.41) is 0.458. The molecule has 2 unspecified atom stereocenters. The number of fused-ring (bicyclic) bond motifs is 2. The third-order valence-corrected chi connectivity index (χ3v) is 8.13. The minimum atomic E-state index is -0.581. The predicted octanol–water partition coefficient (Wildman–Crippen LogP) is 7.63. The summed E-state index contributed by atoms with van der Waals surface area (Å²) in [6.07, 6.45) is 0. The first-order valence-corrected chi connectivity index (χ1v) is 13.1. The van der Waals surface area contributed by atoms with Crippen LogP contribution in [-0.2, 0) is 0 Å². The monoisotopic (exact) mass is 532 g/mol. The average Bonchev–Trinajstić information content (AvgIpc) is 2.94. The van der Waals surface area contributed by atoms with Gasteiger partial charge in [-0.1, -0.05) is 72.8 Å². The van der Waals surface area contributed by atoms with E-state index in [1.165, 1.54) is 30.3 Å². The molecule has 0 amide bonds. The van der Waals surface area contributed by atoms with Gasteiger partial charge in [0.2, 0.25) is 0 Å². The molecule has 6 heteroatoms. The van der Waals surface area contributed by atoms with Crippen molar-refractivity contribution in [1.29, 1.82) is 0 Å². The van der Waals surface area contributed by atoms with Crippen LogP contribution in [0.25, 0.3) is 21.9 Å². The largest absolute Gasteiger partial charge is 0.423 e. The third kappa shape index (κ3) is 3.79. The van der Waals surface area contributed by atoms with Crippen molar-refractivity contribution >= 4 is 21.9 Å². The van der Waals surface area contributed by atoms with Crippen LogP contribution in [0.15, 0.2) is 128 Å². The van der Waals surface area contributed by atoms with Crippen molar-refractivity contribution in [1.82, 2.24) is 0 Å². The topological polar surface area (TPSA) is 60.4 Å². The molecule has 1 saturated carbocycles. The molecule has 4 nitrogen and oxygen atoms in total. The highest BCUT2D eigenvalue weighted by atomic mass is 19.1. The summed E-state index contributed by atoms with van der Waals surface area (Å²) in [5.74, 6) is -2.50. The molecule has 0 radical (unpaired) electrons. The molecule has 2 atom stereocenters. The van der Waals surface area contributed by atoms with Crippen molar-refractivity contribution in [3.05, 3.63) is 164 Å². The second kappa shape index (κ2) is 9.42. The van der Waals surface area contributed by atoms with Gasteiger partial charge in [-0.05, 0) is 64.8 Å². The highest BCUT2D eigenvalue weighted by Crippen LogP contribution is 2.66. The Bertz CT molecular complexity index is 1950. The van der Waals surface area contributed by atoms with Crippen molar-refractivity contribution in [2.75, 3.05) is 0 Å². The second-order valence-corrected chi connectivity index (χ2v) is 10.2. The molecular weight excluding hydrogens is 510 g/mol. The number of rotatable bonds is 4. The van der Waals surface area contributed by atoms with E-state index >= 15 is 4.39 Å². The van der Waals surface area contributed by atoms with Crippen LogP contribution in [0, 0.1) is 11.6 Å². The quantitative estimate of drug-likeness (QED) is 0.219. The molecule has 0 saturated heterocycles. The van der Waals surface area contributed by atoms with Gasteiger partial charge in [0.25, 0.3) is 0 Å². The van der Waals surface area contributed by atoms with Crippen LogP contribution in [0.1, 0.15) is 45.9 Å². The van der Waals surface area contributed by atoms with E-state index < -0.39 is 34.7 Å². The second-order valence-electron chi connectivity index (χ2n) is 10.2. The summed E-state index contributed by atoms with van der Waals surface area (Å²) < 4.78 is 41.3. The summed E-state index contributed by atoms with van der Waals surface area (Å²) in [5.41, 5.74) is 1.88. The van der Waals surface area contributed by atoms with Crippen LogP contribution in [0.2, 0.25) is 0 Å². The van der Waals surface area contributed by atoms with Gasteiger partial charge in [-0.3, -0.25) is 0 Å². The van der Waals surface area contributed by atoms with Gasteiger partial charge in [0.15, 0.2) is 0 Å². The highest BCUT2D eigenvalue weighted by Gasteiger charge is 2.54. The Labute approximate surface area is 227 Å². The Kier molecular flexibility index (Phi) is 5.70. The van der Waals surface area contributed by atoms with Gasteiger partial charge in [0.1, 0.15) is 22.8 Å². The molecule has 2 aromatic heterocycles. The zero-order chi connectivity index (χ0) is 27.4. The molecule has 0 N–H and O–H groups in total. The van der Waals surface area contributed by atoms with E-state index in [9.17, 15) is 14.0 Å². The fraction of sp³-hybridized carbons (Fsp3) is 0.118. The zero-order valence-electron chi connectivity index (χ0n) is 21.1. The predicted molar refractivity (Wildman–Crippen MR) is 149 cm³/mol. The summed E-state index contributed by atoms with van der Waals surface area (Å²) in [6.45, 7) is 0. The summed E-state index contributed by atoms with van der Waals surface area (Å²) in [7, 11) is 0. The Balaban J connectivity index is 1.53. The molecule has 1 aliphatic rings. The Morgan fingerprint density at radius 3 is 1.75 bits per heavy atom. The number of halogens is 2. The molecule has 0 spiro atoms. The molecule has 196 valence electrons. The first-order valence-electron chi connectivity index (χ1n) is 13.1. The molecule has 6 aromatic rings. The van der Waals surface area contributed by atoms with Gasteiger partial charge >= 0.3 is 11.3 Å². The van der Waals surface area contributed by atoms with Crippen LogP contribution in [0.3, 0.4) is 0 Å². The van der Waals surface area contributed by atoms with E-state index in [-0.39, 0.29) is 33.8 Å². The molecular formula is C34H22F2O4. The van der Waals surface area contributed by atoms with Crippen LogP contribution in [0.4, 0.5) is 8.78 Å². The normalized spacial score (nSPS) is 20.4. The maximum absolute atomic E-state index is 15.4. The van der Waals surface area contributed by atoms with Crippen LogP contribution in [0.5, 0.6) is 0 Å². The molecule has 4 aromatic carbocycles. The van der Waals surface area contributed by atoms with E-state index in [0.29, 0.717) is 11.1 Å². The molecule has 1 fully saturated rings. The van der Waals surface area contributed by atoms with Gasteiger partial charge in [-0.15, -0.1) is 0 Å². The van der Waals surface area contributed by atoms with Gasteiger partial charge in [-0.25, -0.2) is 18.4 Å². The smallest absolute Gasteiger partial charge is 0.339 e. The van der Waals surface area contributed by atoms with Crippen LogP contribution >= 0.6 is 0 Å². The molecule has 0 aliphatic heterocycles. The zero-order valence-corrected chi connectivity index (χ0v) is 21.1. The lowest BCUT2D eigenvalue weighted by Crippen LogP contribution is -2.42. The van der Waals surface area contributed by atoms with Crippen LogP contribution in [-0.4, -0.2) is 0 Å². The molecule has 40 heavy (non-hydrogen) atoms. The van der Waals surface area contributed by atoms with Crippen molar-refractivity contribution < 1.29 is 17.6 Å². The maximum atomic E-state index is 15.4.